The van der Waals surface area contributed by atoms with E-state index in [0.29, 0.717) is 17.4 Å². The number of benzene rings is 1. The van der Waals surface area contributed by atoms with Crippen LogP contribution in [0, 0.1) is 5.92 Å². The zero-order valence-corrected chi connectivity index (χ0v) is 11.6. The Kier molecular flexibility index (Phi) is 4.30. The number of hydrogen-bond acceptors (Lipinski definition) is 3. The van der Waals surface area contributed by atoms with Gasteiger partial charge in [0.2, 0.25) is 0 Å². The maximum atomic E-state index is 12.3. The topological polar surface area (TPSA) is 55.6 Å². The lowest BCUT2D eigenvalue weighted by molar-refractivity contribution is -0.139. The van der Waals surface area contributed by atoms with Gasteiger partial charge in [-0.15, -0.1) is 0 Å². The molecule has 1 aliphatic rings. The van der Waals surface area contributed by atoms with Gasteiger partial charge in [0, 0.05) is 24.8 Å². The lowest BCUT2D eigenvalue weighted by Gasteiger charge is -2.32. The average molecular weight is 262 g/mol. The summed E-state index contributed by atoms with van der Waals surface area (Å²) in [6.45, 7) is 5.66. The van der Waals surface area contributed by atoms with E-state index in [1.165, 1.54) is 6.42 Å². The lowest BCUT2D eigenvalue weighted by Crippen LogP contribution is -2.45. The quantitative estimate of drug-likeness (QED) is 0.850. The van der Waals surface area contributed by atoms with Crippen molar-refractivity contribution in [3.05, 3.63) is 24.3 Å². The normalized spacial score (nSPS) is 20.9. The van der Waals surface area contributed by atoms with Crippen LogP contribution in [-0.2, 0) is 4.79 Å². The minimum Gasteiger partial charge on any atom is -0.481 e. The van der Waals surface area contributed by atoms with E-state index in [1.807, 2.05) is 17.0 Å². The van der Waals surface area contributed by atoms with Crippen LogP contribution in [0.1, 0.15) is 26.7 Å². The molecule has 0 unspecified atom stereocenters. The van der Waals surface area contributed by atoms with E-state index in [4.69, 9.17) is 10.5 Å². The molecule has 1 aromatic rings. The predicted octanol–water partition coefficient (Wildman–Crippen LogP) is 2.29. The number of nitrogens with zero attached hydrogens (tertiary/aromatic N) is 1. The summed E-state index contributed by atoms with van der Waals surface area (Å²) in [4.78, 5) is 14.2. The van der Waals surface area contributed by atoms with Crippen LogP contribution in [0.2, 0.25) is 0 Å². The highest BCUT2D eigenvalue weighted by Crippen LogP contribution is 2.19. The number of ether oxygens (including phenoxy) is 1. The minimum atomic E-state index is -0.466. The molecule has 1 aromatic carbocycles. The molecule has 2 N–H and O–H groups in total. The molecule has 2 atom stereocenters. The van der Waals surface area contributed by atoms with Crippen molar-refractivity contribution in [1.29, 1.82) is 0 Å². The van der Waals surface area contributed by atoms with E-state index < -0.39 is 6.10 Å². The summed E-state index contributed by atoms with van der Waals surface area (Å²) >= 11 is 0. The van der Waals surface area contributed by atoms with E-state index in [1.54, 1.807) is 19.1 Å². The van der Waals surface area contributed by atoms with Crippen LogP contribution in [0.15, 0.2) is 24.3 Å². The molecule has 1 fully saturated rings. The zero-order valence-electron chi connectivity index (χ0n) is 11.6. The molecule has 2 rings (SSSR count). The third kappa shape index (κ3) is 3.63. The van der Waals surface area contributed by atoms with Gasteiger partial charge in [-0.25, -0.2) is 0 Å². The molecule has 1 aliphatic heterocycles. The third-order valence-electron chi connectivity index (χ3n) is 3.49. The number of piperidine rings is 1. The highest BCUT2D eigenvalue weighted by molar-refractivity contribution is 5.81. The third-order valence-corrected chi connectivity index (χ3v) is 3.49. The van der Waals surface area contributed by atoms with Crippen molar-refractivity contribution in [3.63, 3.8) is 0 Å². The van der Waals surface area contributed by atoms with E-state index in [9.17, 15) is 4.79 Å². The van der Waals surface area contributed by atoms with Gasteiger partial charge in [0.05, 0.1) is 0 Å². The number of carbonyl (C=O) groups excluding carboxylic acids is 1. The highest BCUT2D eigenvalue weighted by Gasteiger charge is 2.25. The Hall–Kier alpha value is -1.71. The number of hydrogen-bond donors (Lipinski definition) is 1. The second-order valence-corrected chi connectivity index (χ2v) is 5.36. The summed E-state index contributed by atoms with van der Waals surface area (Å²) < 4.78 is 5.67. The van der Waals surface area contributed by atoms with Gasteiger partial charge in [0.15, 0.2) is 6.10 Å². The molecule has 1 saturated heterocycles. The molecule has 0 saturated carbocycles. The number of rotatable bonds is 3. The standard InChI is InChI=1S/C15H22N2O2/c1-11-5-4-8-17(10-11)15(18)12(2)19-14-7-3-6-13(16)9-14/h3,6-7,9,11-12H,4-5,8,10,16H2,1-2H3/t11-,12+/m0/s1. The first-order valence-electron chi connectivity index (χ1n) is 6.87. The SMILES string of the molecule is C[C@H]1CCCN(C(=O)[C@@H](C)Oc2cccc(N)c2)C1. The Morgan fingerprint density at radius 2 is 2.32 bits per heavy atom. The van der Waals surface area contributed by atoms with Crippen LogP contribution in [0.4, 0.5) is 5.69 Å². The molecule has 4 heteroatoms. The average Bonchev–Trinajstić information content (AvgIpc) is 2.38. The van der Waals surface area contributed by atoms with E-state index >= 15 is 0 Å². The Balaban J connectivity index is 1.95. The minimum absolute atomic E-state index is 0.0639. The highest BCUT2D eigenvalue weighted by atomic mass is 16.5. The predicted molar refractivity (Wildman–Crippen MR) is 75.9 cm³/mol. The lowest BCUT2D eigenvalue weighted by atomic mass is 10.00. The van der Waals surface area contributed by atoms with Crippen molar-refractivity contribution in [2.45, 2.75) is 32.8 Å². The van der Waals surface area contributed by atoms with Crippen LogP contribution in [0.3, 0.4) is 0 Å². The van der Waals surface area contributed by atoms with Crippen molar-refractivity contribution in [2.24, 2.45) is 5.92 Å². The van der Waals surface area contributed by atoms with Crippen molar-refractivity contribution in [2.75, 3.05) is 18.8 Å². The molecular weight excluding hydrogens is 240 g/mol. The first-order valence-corrected chi connectivity index (χ1v) is 6.87. The number of likely N-dealkylation sites (tertiary alicyclic amines) is 1. The molecule has 0 aromatic heterocycles. The summed E-state index contributed by atoms with van der Waals surface area (Å²) in [5, 5.41) is 0. The second kappa shape index (κ2) is 5.95. The number of anilines is 1. The molecule has 19 heavy (non-hydrogen) atoms. The van der Waals surface area contributed by atoms with Crippen LogP contribution in [0.25, 0.3) is 0 Å². The van der Waals surface area contributed by atoms with Gasteiger partial charge in [-0.1, -0.05) is 13.0 Å². The first-order chi connectivity index (χ1) is 9.06. The van der Waals surface area contributed by atoms with Gasteiger partial charge in [0.25, 0.3) is 5.91 Å². The smallest absolute Gasteiger partial charge is 0.263 e. The summed E-state index contributed by atoms with van der Waals surface area (Å²) in [5.41, 5.74) is 6.34. The second-order valence-electron chi connectivity index (χ2n) is 5.36. The van der Waals surface area contributed by atoms with Gasteiger partial charge < -0.3 is 15.4 Å². The molecule has 4 nitrogen and oxygen atoms in total. The molecular formula is C15H22N2O2. The molecule has 0 radical (unpaired) electrons. The first kappa shape index (κ1) is 13.7. The largest absolute Gasteiger partial charge is 0.481 e. The Morgan fingerprint density at radius 1 is 1.53 bits per heavy atom. The Labute approximate surface area is 114 Å². The summed E-state index contributed by atoms with van der Waals surface area (Å²) in [6, 6.07) is 7.18. The fourth-order valence-corrected chi connectivity index (χ4v) is 2.49. The molecule has 0 aliphatic carbocycles. The molecule has 104 valence electrons. The number of nitrogens with two attached hydrogens (primary N) is 1. The van der Waals surface area contributed by atoms with Crippen molar-refractivity contribution < 1.29 is 9.53 Å². The van der Waals surface area contributed by atoms with Crippen LogP contribution >= 0.6 is 0 Å². The van der Waals surface area contributed by atoms with Crippen LogP contribution in [0.5, 0.6) is 5.75 Å². The van der Waals surface area contributed by atoms with Gasteiger partial charge in [-0.3, -0.25) is 4.79 Å². The fourth-order valence-electron chi connectivity index (χ4n) is 2.49. The number of carbonyl (C=O) groups is 1. The van der Waals surface area contributed by atoms with Crippen molar-refractivity contribution >= 4 is 11.6 Å². The zero-order chi connectivity index (χ0) is 13.8. The summed E-state index contributed by atoms with van der Waals surface area (Å²) in [6.07, 6.45) is 1.82. The van der Waals surface area contributed by atoms with Crippen LogP contribution < -0.4 is 10.5 Å². The molecule has 1 heterocycles. The Morgan fingerprint density at radius 3 is 3.00 bits per heavy atom. The van der Waals surface area contributed by atoms with Crippen molar-refractivity contribution in [3.8, 4) is 5.75 Å². The summed E-state index contributed by atoms with van der Waals surface area (Å²) in [7, 11) is 0. The molecule has 1 amide bonds. The van der Waals surface area contributed by atoms with E-state index in [2.05, 4.69) is 6.92 Å². The summed E-state index contributed by atoms with van der Waals surface area (Å²) in [5.74, 6) is 1.29. The molecule has 0 bridgehead atoms. The van der Waals surface area contributed by atoms with Gasteiger partial charge in [0.1, 0.15) is 5.75 Å². The van der Waals surface area contributed by atoms with Gasteiger partial charge in [-0.05, 0) is 37.8 Å². The Bertz CT molecular complexity index is 448. The van der Waals surface area contributed by atoms with Gasteiger partial charge >= 0.3 is 0 Å². The number of nitrogen functional groups attached to an aromatic ring is 1. The fraction of sp³-hybridized carbons (Fsp3) is 0.533. The van der Waals surface area contributed by atoms with E-state index in [0.717, 1.165) is 19.5 Å². The van der Waals surface area contributed by atoms with E-state index in [-0.39, 0.29) is 5.91 Å². The van der Waals surface area contributed by atoms with Gasteiger partial charge in [-0.2, -0.15) is 0 Å². The maximum Gasteiger partial charge on any atom is 0.263 e. The number of amides is 1. The monoisotopic (exact) mass is 262 g/mol. The maximum absolute atomic E-state index is 12.3. The van der Waals surface area contributed by atoms with Crippen LogP contribution in [-0.4, -0.2) is 30.0 Å². The molecule has 0 spiro atoms. The van der Waals surface area contributed by atoms with Crippen molar-refractivity contribution in [1.82, 2.24) is 4.90 Å².